The van der Waals surface area contributed by atoms with Gasteiger partial charge in [-0.05, 0) is 46.0 Å². The predicted molar refractivity (Wildman–Crippen MR) is 73.6 cm³/mol. The van der Waals surface area contributed by atoms with Crippen molar-refractivity contribution in [2.75, 3.05) is 13.2 Å². The SMILES string of the molecule is CC(C)OCC(O)CN1C(C)CC2CCCCC21. The van der Waals surface area contributed by atoms with Gasteiger partial charge in [0.15, 0.2) is 0 Å². The van der Waals surface area contributed by atoms with Crippen LogP contribution < -0.4 is 0 Å². The third-order valence-corrected chi connectivity index (χ3v) is 4.55. The number of aliphatic hydroxyl groups excluding tert-OH is 1. The van der Waals surface area contributed by atoms with Gasteiger partial charge in [0.05, 0.1) is 18.8 Å². The molecule has 1 heterocycles. The molecule has 0 spiro atoms. The van der Waals surface area contributed by atoms with Crippen LogP contribution in [-0.4, -0.2) is 47.4 Å². The first-order valence-electron chi connectivity index (χ1n) is 7.63. The Bertz CT molecular complexity index is 257. The van der Waals surface area contributed by atoms with Gasteiger partial charge in [-0.15, -0.1) is 0 Å². The molecule has 1 aliphatic heterocycles. The van der Waals surface area contributed by atoms with Crippen LogP contribution >= 0.6 is 0 Å². The van der Waals surface area contributed by atoms with Gasteiger partial charge < -0.3 is 9.84 Å². The van der Waals surface area contributed by atoms with Crippen LogP contribution in [0.4, 0.5) is 0 Å². The molecule has 4 unspecified atom stereocenters. The zero-order valence-corrected chi connectivity index (χ0v) is 12.1. The fraction of sp³-hybridized carbons (Fsp3) is 1.00. The van der Waals surface area contributed by atoms with Crippen molar-refractivity contribution >= 4 is 0 Å². The normalized spacial score (nSPS) is 34.8. The zero-order valence-electron chi connectivity index (χ0n) is 12.1. The molecule has 0 radical (unpaired) electrons. The Morgan fingerprint density at radius 3 is 2.72 bits per heavy atom. The summed E-state index contributed by atoms with van der Waals surface area (Å²) in [5.74, 6) is 0.881. The van der Waals surface area contributed by atoms with Gasteiger partial charge in [-0.2, -0.15) is 0 Å². The number of aliphatic hydroxyl groups is 1. The van der Waals surface area contributed by atoms with Gasteiger partial charge in [0, 0.05) is 18.6 Å². The summed E-state index contributed by atoms with van der Waals surface area (Å²) in [6.07, 6.45) is 6.68. The lowest BCUT2D eigenvalue weighted by Crippen LogP contribution is -2.43. The molecule has 18 heavy (non-hydrogen) atoms. The molecule has 4 atom stereocenters. The highest BCUT2D eigenvalue weighted by atomic mass is 16.5. The van der Waals surface area contributed by atoms with Gasteiger partial charge in [0.2, 0.25) is 0 Å². The molecule has 3 nitrogen and oxygen atoms in total. The molecule has 106 valence electrons. The maximum atomic E-state index is 10.1. The lowest BCUT2D eigenvalue weighted by Gasteiger charge is -2.34. The summed E-state index contributed by atoms with van der Waals surface area (Å²) in [4.78, 5) is 2.54. The second-order valence-electron chi connectivity index (χ2n) is 6.43. The van der Waals surface area contributed by atoms with Crippen molar-refractivity contribution in [2.24, 2.45) is 5.92 Å². The van der Waals surface area contributed by atoms with E-state index in [-0.39, 0.29) is 12.2 Å². The minimum atomic E-state index is -0.337. The first-order chi connectivity index (χ1) is 8.58. The number of likely N-dealkylation sites (tertiary alicyclic amines) is 1. The minimum absolute atomic E-state index is 0.207. The Hall–Kier alpha value is -0.120. The van der Waals surface area contributed by atoms with E-state index in [1.165, 1.54) is 32.1 Å². The zero-order chi connectivity index (χ0) is 13.1. The van der Waals surface area contributed by atoms with E-state index in [1.54, 1.807) is 0 Å². The third-order valence-electron chi connectivity index (χ3n) is 4.55. The van der Waals surface area contributed by atoms with Gasteiger partial charge in [0.25, 0.3) is 0 Å². The van der Waals surface area contributed by atoms with Crippen LogP contribution in [0.15, 0.2) is 0 Å². The molecule has 1 N–H and O–H groups in total. The van der Waals surface area contributed by atoms with Crippen LogP contribution in [0.1, 0.15) is 52.9 Å². The van der Waals surface area contributed by atoms with Crippen molar-refractivity contribution in [1.29, 1.82) is 0 Å². The second-order valence-corrected chi connectivity index (χ2v) is 6.43. The van der Waals surface area contributed by atoms with E-state index in [4.69, 9.17) is 4.74 Å². The van der Waals surface area contributed by atoms with Gasteiger partial charge in [0.1, 0.15) is 0 Å². The number of rotatable bonds is 5. The highest BCUT2D eigenvalue weighted by molar-refractivity contribution is 4.94. The molecular weight excluding hydrogens is 226 g/mol. The number of ether oxygens (including phenoxy) is 1. The number of β-amino-alcohol motifs (C(OH)–C–C–N with tert-alkyl or cyclic N) is 1. The van der Waals surface area contributed by atoms with E-state index < -0.39 is 0 Å². The molecule has 3 heteroatoms. The van der Waals surface area contributed by atoms with Crippen molar-refractivity contribution in [1.82, 2.24) is 4.90 Å². The predicted octanol–water partition coefficient (Wildman–Crippen LogP) is 2.43. The van der Waals surface area contributed by atoms with E-state index >= 15 is 0 Å². The lowest BCUT2D eigenvalue weighted by atomic mass is 9.85. The molecule has 0 aromatic carbocycles. The summed E-state index contributed by atoms with van der Waals surface area (Å²) in [6, 6.07) is 1.36. The molecule has 1 aliphatic carbocycles. The Kier molecular flexibility index (Phi) is 5.05. The summed E-state index contributed by atoms with van der Waals surface area (Å²) >= 11 is 0. The van der Waals surface area contributed by atoms with Crippen molar-refractivity contribution in [3.05, 3.63) is 0 Å². The van der Waals surface area contributed by atoms with E-state index in [0.29, 0.717) is 12.6 Å². The molecule has 0 bridgehead atoms. The topological polar surface area (TPSA) is 32.7 Å². The second kappa shape index (κ2) is 6.36. The van der Waals surface area contributed by atoms with Crippen LogP contribution in [-0.2, 0) is 4.74 Å². The average Bonchev–Trinajstić information content (AvgIpc) is 2.64. The van der Waals surface area contributed by atoms with E-state index in [0.717, 1.165) is 18.5 Å². The first kappa shape index (κ1) is 14.3. The van der Waals surface area contributed by atoms with Gasteiger partial charge in [-0.1, -0.05) is 12.8 Å². The fourth-order valence-corrected chi connectivity index (χ4v) is 3.71. The average molecular weight is 255 g/mol. The lowest BCUT2D eigenvalue weighted by molar-refractivity contribution is -0.0171. The Morgan fingerprint density at radius 1 is 1.28 bits per heavy atom. The van der Waals surface area contributed by atoms with Crippen LogP contribution in [0.3, 0.4) is 0 Å². The monoisotopic (exact) mass is 255 g/mol. The summed E-state index contributed by atoms with van der Waals surface area (Å²) in [7, 11) is 0. The molecule has 1 saturated heterocycles. The molecular formula is C15H29NO2. The van der Waals surface area contributed by atoms with Crippen LogP contribution in [0, 0.1) is 5.92 Å². The fourth-order valence-electron chi connectivity index (χ4n) is 3.71. The number of hydrogen-bond acceptors (Lipinski definition) is 3. The summed E-state index contributed by atoms with van der Waals surface area (Å²) in [5, 5.41) is 10.1. The molecule has 2 rings (SSSR count). The van der Waals surface area contributed by atoms with Crippen molar-refractivity contribution in [3.8, 4) is 0 Å². The van der Waals surface area contributed by atoms with Gasteiger partial charge in [-0.3, -0.25) is 4.90 Å². The maximum absolute atomic E-state index is 10.1. The smallest absolute Gasteiger partial charge is 0.0900 e. The molecule has 1 saturated carbocycles. The molecule has 2 aliphatic rings. The first-order valence-corrected chi connectivity index (χ1v) is 7.63. The summed E-state index contributed by atoms with van der Waals surface area (Å²) < 4.78 is 5.51. The number of hydrogen-bond donors (Lipinski definition) is 1. The van der Waals surface area contributed by atoms with Crippen LogP contribution in [0.25, 0.3) is 0 Å². The largest absolute Gasteiger partial charge is 0.389 e. The van der Waals surface area contributed by atoms with Crippen molar-refractivity contribution in [2.45, 2.75) is 77.2 Å². The van der Waals surface area contributed by atoms with E-state index in [9.17, 15) is 5.11 Å². The van der Waals surface area contributed by atoms with Gasteiger partial charge >= 0.3 is 0 Å². The maximum Gasteiger partial charge on any atom is 0.0900 e. The Balaban J connectivity index is 1.83. The van der Waals surface area contributed by atoms with Crippen LogP contribution in [0.5, 0.6) is 0 Å². The Morgan fingerprint density at radius 2 is 2.00 bits per heavy atom. The quantitative estimate of drug-likeness (QED) is 0.819. The van der Waals surface area contributed by atoms with Crippen molar-refractivity contribution in [3.63, 3.8) is 0 Å². The van der Waals surface area contributed by atoms with E-state index in [2.05, 4.69) is 11.8 Å². The molecule has 0 aromatic heterocycles. The Labute approximate surface area is 112 Å². The van der Waals surface area contributed by atoms with Crippen molar-refractivity contribution < 1.29 is 9.84 Å². The highest BCUT2D eigenvalue weighted by Gasteiger charge is 2.40. The summed E-state index contributed by atoms with van der Waals surface area (Å²) in [6.45, 7) is 7.60. The molecule has 2 fully saturated rings. The highest BCUT2D eigenvalue weighted by Crippen LogP contribution is 2.39. The standard InChI is InChI=1S/C15H29NO2/c1-11(2)18-10-14(17)9-16-12(3)8-13-6-4-5-7-15(13)16/h11-15,17H,4-10H2,1-3H3. The minimum Gasteiger partial charge on any atom is -0.389 e. The van der Waals surface area contributed by atoms with Gasteiger partial charge in [-0.25, -0.2) is 0 Å². The van der Waals surface area contributed by atoms with E-state index in [1.807, 2.05) is 13.8 Å². The third kappa shape index (κ3) is 3.46. The summed E-state index contributed by atoms with van der Waals surface area (Å²) in [5.41, 5.74) is 0. The number of nitrogens with zero attached hydrogens (tertiary/aromatic N) is 1. The molecule has 0 amide bonds. The van der Waals surface area contributed by atoms with Crippen LogP contribution in [0.2, 0.25) is 0 Å². The number of fused-ring (bicyclic) bond motifs is 1. The molecule has 0 aromatic rings.